The molecule has 0 atom stereocenters. The lowest BCUT2D eigenvalue weighted by atomic mass is 9.77. The van der Waals surface area contributed by atoms with E-state index in [0.29, 0.717) is 5.75 Å². The lowest BCUT2D eigenvalue weighted by Crippen LogP contribution is -2.20. The van der Waals surface area contributed by atoms with E-state index < -0.39 is 0 Å². The Morgan fingerprint density at radius 1 is 0.848 bits per heavy atom. The van der Waals surface area contributed by atoms with E-state index in [-0.39, 0.29) is 17.4 Å². The van der Waals surface area contributed by atoms with Crippen molar-refractivity contribution in [3.05, 3.63) is 88.0 Å². The van der Waals surface area contributed by atoms with Crippen LogP contribution >= 0.6 is 0 Å². The predicted octanol–water partition coefficient (Wildman–Crippen LogP) is 7.93. The molecule has 0 spiro atoms. The molecule has 0 saturated carbocycles. The Kier molecular flexibility index (Phi) is 7.14. The average molecular weight is 444 g/mol. The number of ether oxygens (including phenoxy) is 1. The molecule has 0 radical (unpaired) electrons. The third kappa shape index (κ3) is 5.72. The molecular weight excluding hydrogens is 406 g/mol. The van der Waals surface area contributed by atoms with Gasteiger partial charge in [0.2, 0.25) is 0 Å². The highest BCUT2D eigenvalue weighted by Gasteiger charge is 2.24. The average Bonchev–Trinajstić information content (AvgIpc) is 2.73. The van der Waals surface area contributed by atoms with Gasteiger partial charge in [-0.3, -0.25) is 4.99 Å². The second-order valence-corrected chi connectivity index (χ2v) is 10.8. The zero-order valence-electron chi connectivity index (χ0n) is 21.3. The third-order valence-electron chi connectivity index (χ3n) is 5.95. The van der Waals surface area contributed by atoms with Crippen LogP contribution in [0.25, 0.3) is 0 Å². The molecule has 0 aliphatic carbocycles. The first-order valence-corrected chi connectivity index (χ1v) is 11.6. The Hall–Kier alpha value is -2.91. The van der Waals surface area contributed by atoms with Gasteiger partial charge in [-0.25, -0.2) is 0 Å². The van der Waals surface area contributed by atoms with Gasteiger partial charge in [0.1, 0.15) is 11.4 Å². The topological polar surface area (TPSA) is 41.8 Å². The molecule has 0 aliphatic heterocycles. The van der Waals surface area contributed by atoms with Gasteiger partial charge < -0.3 is 9.84 Å². The first kappa shape index (κ1) is 24.7. The second kappa shape index (κ2) is 9.52. The van der Waals surface area contributed by atoms with Crippen LogP contribution in [0.1, 0.15) is 74.9 Å². The Morgan fingerprint density at radius 3 is 2.06 bits per heavy atom. The van der Waals surface area contributed by atoms with Crippen LogP contribution in [0.4, 0.5) is 5.69 Å². The molecule has 3 aromatic rings. The summed E-state index contributed by atoms with van der Waals surface area (Å²) >= 11 is 0. The maximum Gasteiger partial charge on any atom is 0.153 e. The van der Waals surface area contributed by atoms with E-state index >= 15 is 0 Å². The molecule has 0 amide bonds. The minimum atomic E-state index is -0.0920. The predicted molar refractivity (Wildman–Crippen MR) is 139 cm³/mol. The summed E-state index contributed by atoms with van der Waals surface area (Å²) in [7, 11) is 0. The van der Waals surface area contributed by atoms with E-state index in [9.17, 15) is 5.11 Å². The molecule has 33 heavy (non-hydrogen) atoms. The quantitative estimate of drug-likeness (QED) is 0.407. The van der Waals surface area contributed by atoms with E-state index in [0.717, 1.165) is 39.3 Å². The Labute approximate surface area is 199 Å². The van der Waals surface area contributed by atoms with Crippen LogP contribution in [0.2, 0.25) is 0 Å². The van der Waals surface area contributed by atoms with Gasteiger partial charge in [-0.15, -0.1) is 0 Å². The molecule has 0 saturated heterocycles. The van der Waals surface area contributed by atoms with Crippen molar-refractivity contribution in [1.29, 1.82) is 0 Å². The largest absolute Gasteiger partial charge is 0.455 e. The van der Waals surface area contributed by atoms with Crippen LogP contribution in [-0.4, -0.2) is 11.3 Å². The van der Waals surface area contributed by atoms with Crippen molar-refractivity contribution >= 4 is 11.9 Å². The number of aryl methyl sites for hydroxylation is 2. The van der Waals surface area contributed by atoms with Crippen LogP contribution < -0.4 is 4.74 Å². The molecule has 0 heterocycles. The first-order chi connectivity index (χ1) is 15.4. The molecule has 3 nitrogen and oxygen atoms in total. The zero-order chi connectivity index (χ0) is 24.4. The Balaban J connectivity index is 2.09. The lowest BCUT2D eigenvalue weighted by molar-refractivity contribution is 0.278. The van der Waals surface area contributed by atoms with Crippen molar-refractivity contribution in [2.24, 2.45) is 4.99 Å². The lowest BCUT2D eigenvalue weighted by Gasteiger charge is -2.28. The number of hydrogen-bond acceptors (Lipinski definition) is 3. The maximum absolute atomic E-state index is 10.3. The summed E-state index contributed by atoms with van der Waals surface area (Å²) in [6.07, 6.45) is 1.86. The van der Waals surface area contributed by atoms with Gasteiger partial charge >= 0.3 is 0 Å². The highest BCUT2D eigenvalue weighted by molar-refractivity contribution is 5.86. The van der Waals surface area contributed by atoms with Gasteiger partial charge in [0.15, 0.2) is 5.75 Å². The highest BCUT2D eigenvalue weighted by Crippen LogP contribution is 2.36. The summed E-state index contributed by atoms with van der Waals surface area (Å²) < 4.78 is 6.31. The van der Waals surface area contributed by atoms with Crippen molar-refractivity contribution < 1.29 is 9.84 Å². The normalized spacial score (nSPS) is 12.4. The standard InChI is InChI=1S/C30H37NO2/c1-20-12-11-13-21(2)28(20)33-27-15-10-9-14-26(27)31-18-22-16-23(29(3,4)5)17-25(24(22)19-32)30(6,7)8/h9-18,32H,19H2,1-8H3/b31-18+. The van der Waals surface area contributed by atoms with Crippen molar-refractivity contribution in [3.63, 3.8) is 0 Å². The van der Waals surface area contributed by atoms with E-state index in [1.54, 1.807) is 0 Å². The van der Waals surface area contributed by atoms with Crippen LogP contribution in [0.3, 0.4) is 0 Å². The van der Waals surface area contributed by atoms with Gasteiger partial charge in [0.25, 0.3) is 0 Å². The molecule has 0 unspecified atom stereocenters. The van der Waals surface area contributed by atoms with E-state index in [1.807, 2.05) is 62.5 Å². The Morgan fingerprint density at radius 2 is 1.48 bits per heavy atom. The fraction of sp³-hybridized carbons (Fsp3) is 0.367. The SMILES string of the molecule is Cc1cccc(C)c1Oc1ccccc1/N=C/c1cc(C(C)(C)C)cc(C(C)(C)C)c1CO. The molecular formula is C30H37NO2. The number of nitrogens with zero attached hydrogens (tertiary/aromatic N) is 1. The zero-order valence-corrected chi connectivity index (χ0v) is 21.3. The number of hydrogen-bond donors (Lipinski definition) is 1. The third-order valence-corrected chi connectivity index (χ3v) is 5.95. The fourth-order valence-electron chi connectivity index (χ4n) is 3.95. The molecule has 1 N–H and O–H groups in total. The first-order valence-electron chi connectivity index (χ1n) is 11.6. The van der Waals surface area contributed by atoms with Gasteiger partial charge in [-0.2, -0.15) is 0 Å². The number of aliphatic hydroxyl groups is 1. The van der Waals surface area contributed by atoms with Crippen molar-refractivity contribution in [1.82, 2.24) is 0 Å². The fourth-order valence-corrected chi connectivity index (χ4v) is 3.95. The monoisotopic (exact) mass is 443 g/mol. The molecule has 0 aliphatic rings. The van der Waals surface area contributed by atoms with Gasteiger partial charge in [0, 0.05) is 6.21 Å². The molecule has 0 aromatic heterocycles. The van der Waals surface area contributed by atoms with Gasteiger partial charge in [-0.1, -0.05) is 77.9 Å². The van der Waals surface area contributed by atoms with Crippen molar-refractivity contribution in [3.8, 4) is 11.5 Å². The van der Waals surface area contributed by atoms with Crippen molar-refractivity contribution in [2.75, 3.05) is 0 Å². The summed E-state index contributed by atoms with van der Waals surface area (Å²) in [5.41, 5.74) is 7.07. The molecule has 174 valence electrons. The van der Waals surface area contributed by atoms with Crippen LogP contribution in [0.15, 0.2) is 59.6 Å². The minimum absolute atomic E-state index is 0.0139. The summed E-state index contributed by atoms with van der Waals surface area (Å²) in [4.78, 5) is 4.83. The van der Waals surface area contributed by atoms with Crippen LogP contribution in [0, 0.1) is 13.8 Å². The molecule has 0 fully saturated rings. The Bertz CT molecular complexity index is 1140. The number of aliphatic hydroxyl groups excluding tert-OH is 1. The minimum Gasteiger partial charge on any atom is -0.455 e. The van der Waals surface area contributed by atoms with Gasteiger partial charge in [0.05, 0.1) is 6.61 Å². The molecule has 3 rings (SSSR count). The van der Waals surface area contributed by atoms with E-state index in [2.05, 4.69) is 53.7 Å². The number of benzene rings is 3. The smallest absolute Gasteiger partial charge is 0.153 e. The number of rotatable bonds is 5. The summed E-state index contributed by atoms with van der Waals surface area (Å²) in [6.45, 7) is 17.2. The van der Waals surface area contributed by atoms with E-state index in [1.165, 1.54) is 5.56 Å². The second-order valence-electron chi connectivity index (χ2n) is 10.8. The van der Waals surface area contributed by atoms with Crippen LogP contribution in [0.5, 0.6) is 11.5 Å². The van der Waals surface area contributed by atoms with Crippen molar-refractivity contribution in [2.45, 2.75) is 72.8 Å². The molecule has 0 bridgehead atoms. The number of aliphatic imine (C=N–C) groups is 1. The summed E-state index contributed by atoms with van der Waals surface area (Å²) in [5.74, 6) is 1.57. The molecule has 3 aromatic carbocycles. The van der Waals surface area contributed by atoms with Gasteiger partial charge in [-0.05, 0) is 76.3 Å². The number of para-hydroxylation sites is 3. The molecule has 3 heteroatoms. The highest BCUT2D eigenvalue weighted by atomic mass is 16.5. The maximum atomic E-state index is 10.3. The summed E-state index contributed by atoms with van der Waals surface area (Å²) in [5, 5.41) is 10.3. The van der Waals surface area contributed by atoms with Crippen LogP contribution in [-0.2, 0) is 17.4 Å². The summed E-state index contributed by atoms with van der Waals surface area (Å²) in [6, 6.07) is 18.3. The van der Waals surface area contributed by atoms with E-state index in [4.69, 9.17) is 9.73 Å².